The van der Waals surface area contributed by atoms with E-state index in [1.54, 1.807) is 17.0 Å². The Hall–Kier alpha value is -1.16. The molecule has 0 atom stereocenters. The van der Waals surface area contributed by atoms with Gasteiger partial charge in [0.25, 0.3) is 0 Å². The van der Waals surface area contributed by atoms with Crippen LogP contribution in [0.1, 0.15) is 6.92 Å². The Kier molecular flexibility index (Phi) is 3.19. The van der Waals surface area contributed by atoms with Gasteiger partial charge in [0.1, 0.15) is 5.82 Å². The summed E-state index contributed by atoms with van der Waals surface area (Å²) in [4.78, 5) is 1.67. The highest BCUT2D eigenvalue weighted by molar-refractivity contribution is 7.80. The van der Waals surface area contributed by atoms with Crippen LogP contribution < -0.4 is 10.6 Å². The van der Waals surface area contributed by atoms with Crippen molar-refractivity contribution in [2.75, 3.05) is 11.4 Å². The summed E-state index contributed by atoms with van der Waals surface area (Å²) in [7, 11) is 0. The molecule has 0 spiro atoms. The summed E-state index contributed by atoms with van der Waals surface area (Å²) in [6.07, 6.45) is 0. The van der Waals surface area contributed by atoms with E-state index >= 15 is 0 Å². The van der Waals surface area contributed by atoms with Crippen LogP contribution in [-0.2, 0) is 0 Å². The average molecular weight is 198 g/mol. The molecule has 0 saturated carbocycles. The van der Waals surface area contributed by atoms with Crippen molar-refractivity contribution >= 4 is 23.0 Å². The van der Waals surface area contributed by atoms with E-state index in [-0.39, 0.29) is 10.9 Å². The van der Waals surface area contributed by atoms with E-state index in [4.69, 9.17) is 18.0 Å². The van der Waals surface area contributed by atoms with Crippen LogP contribution in [0.25, 0.3) is 0 Å². The Balaban J connectivity index is 2.98. The van der Waals surface area contributed by atoms with Crippen LogP contribution in [0.3, 0.4) is 0 Å². The van der Waals surface area contributed by atoms with Crippen molar-refractivity contribution < 1.29 is 4.39 Å². The summed E-state index contributed by atoms with van der Waals surface area (Å²) < 4.78 is 12.8. The SMILES string of the molecule is CCN(C(N)=S)c1cccc(F)c1. The van der Waals surface area contributed by atoms with Gasteiger partial charge in [0.05, 0.1) is 0 Å². The molecule has 13 heavy (non-hydrogen) atoms. The van der Waals surface area contributed by atoms with Gasteiger partial charge in [-0.05, 0) is 37.3 Å². The molecule has 0 aliphatic carbocycles. The van der Waals surface area contributed by atoms with E-state index in [0.717, 1.165) is 0 Å². The van der Waals surface area contributed by atoms with Gasteiger partial charge in [-0.25, -0.2) is 4.39 Å². The van der Waals surface area contributed by atoms with Gasteiger partial charge in [-0.3, -0.25) is 0 Å². The Morgan fingerprint density at radius 1 is 1.62 bits per heavy atom. The van der Waals surface area contributed by atoms with Crippen molar-refractivity contribution in [1.29, 1.82) is 0 Å². The molecule has 0 radical (unpaired) electrons. The molecular formula is C9H11FN2S. The first-order valence-corrected chi connectivity index (χ1v) is 4.38. The molecule has 0 aromatic heterocycles. The third-order valence-electron chi connectivity index (χ3n) is 1.70. The lowest BCUT2D eigenvalue weighted by Crippen LogP contribution is -2.35. The molecule has 0 aliphatic heterocycles. The van der Waals surface area contributed by atoms with E-state index < -0.39 is 0 Å². The van der Waals surface area contributed by atoms with E-state index in [0.29, 0.717) is 12.2 Å². The number of nitrogens with zero attached hydrogens (tertiary/aromatic N) is 1. The fourth-order valence-electron chi connectivity index (χ4n) is 1.11. The van der Waals surface area contributed by atoms with Gasteiger partial charge in [0.2, 0.25) is 0 Å². The Bertz CT molecular complexity index is 314. The molecule has 0 bridgehead atoms. The van der Waals surface area contributed by atoms with Gasteiger partial charge in [-0.1, -0.05) is 6.07 Å². The Morgan fingerprint density at radius 2 is 2.31 bits per heavy atom. The summed E-state index contributed by atoms with van der Waals surface area (Å²) >= 11 is 4.82. The normalized spacial score (nSPS) is 9.69. The van der Waals surface area contributed by atoms with Gasteiger partial charge in [-0.15, -0.1) is 0 Å². The molecule has 2 nitrogen and oxygen atoms in total. The lowest BCUT2D eigenvalue weighted by atomic mass is 10.3. The van der Waals surface area contributed by atoms with Crippen molar-refractivity contribution in [3.63, 3.8) is 0 Å². The zero-order valence-electron chi connectivity index (χ0n) is 7.33. The molecule has 0 aliphatic rings. The molecule has 1 rings (SSSR count). The lowest BCUT2D eigenvalue weighted by molar-refractivity contribution is 0.628. The second kappa shape index (κ2) is 4.18. The van der Waals surface area contributed by atoms with Gasteiger partial charge in [0, 0.05) is 12.2 Å². The molecule has 0 saturated heterocycles. The number of anilines is 1. The maximum atomic E-state index is 12.8. The highest BCUT2D eigenvalue weighted by atomic mass is 32.1. The van der Waals surface area contributed by atoms with Crippen molar-refractivity contribution in [2.24, 2.45) is 5.73 Å². The zero-order chi connectivity index (χ0) is 9.84. The Labute approximate surface area is 82.2 Å². The molecular weight excluding hydrogens is 187 g/mol. The second-order valence-electron chi connectivity index (χ2n) is 2.56. The number of hydrogen-bond acceptors (Lipinski definition) is 1. The predicted octanol–water partition coefficient (Wildman–Crippen LogP) is 1.90. The van der Waals surface area contributed by atoms with Crippen LogP contribution in [0.4, 0.5) is 10.1 Å². The van der Waals surface area contributed by atoms with E-state index in [1.165, 1.54) is 12.1 Å². The number of halogens is 1. The summed E-state index contributed by atoms with van der Waals surface area (Å²) in [5, 5.41) is 0.258. The van der Waals surface area contributed by atoms with Crippen LogP contribution in [0.5, 0.6) is 0 Å². The van der Waals surface area contributed by atoms with Crippen molar-refractivity contribution in [3.8, 4) is 0 Å². The van der Waals surface area contributed by atoms with Crippen LogP contribution in [0.15, 0.2) is 24.3 Å². The molecule has 0 fully saturated rings. The minimum atomic E-state index is -0.285. The summed E-state index contributed by atoms with van der Waals surface area (Å²) in [5.74, 6) is -0.285. The van der Waals surface area contributed by atoms with Gasteiger partial charge < -0.3 is 10.6 Å². The summed E-state index contributed by atoms with van der Waals surface area (Å²) in [6.45, 7) is 2.54. The second-order valence-corrected chi connectivity index (χ2v) is 2.98. The zero-order valence-corrected chi connectivity index (χ0v) is 8.14. The molecule has 0 heterocycles. The van der Waals surface area contributed by atoms with Crippen LogP contribution >= 0.6 is 12.2 Å². The standard InChI is InChI=1S/C9H11FN2S/c1-2-12(9(11)13)8-5-3-4-7(10)6-8/h3-6H,2H2,1H3,(H2,11,13). The maximum Gasteiger partial charge on any atom is 0.170 e. The maximum absolute atomic E-state index is 12.8. The topological polar surface area (TPSA) is 29.3 Å². The van der Waals surface area contributed by atoms with Crippen LogP contribution in [0.2, 0.25) is 0 Å². The number of hydrogen-bond donors (Lipinski definition) is 1. The quantitative estimate of drug-likeness (QED) is 0.736. The third-order valence-corrected chi connectivity index (χ3v) is 1.92. The fourth-order valence-corrected chi connectivity index (χ4v) is 1.34. The van der Waals surface area contributed by atoms with E-state index in [2.05, 4.69) is 0 Å². The minimum absolute atomic E-state index is 0.258. The number of thiocarbonyl (C=S) groups is 1. The van der Waals surface area contributed by atoms with Crippen molar-refractivity contribution in [3.05, 3.63) is 30.1 Å². The first-order valence-electron chi connectivity index (χ1n) is 3.97. The summed E-state index contributed by atoms with van der Waals surface area (Å²) in [5.41, 5.74) is 6.15. The summed E-state index contributed by atoms with van der Waals surface area (Å²) in [6, 6.07) is 6.19. The largest absolute Gasteiger partial charge is 0.376 e. The van der Waals surface area contributed by atoms with E-state index in [9.17, 15) is 4.39 Å². The van der Waals surface area contributed by atoms with Crippen LogP contribution in [-0.4, -0.2) is 11.7 Å². The first kappa shape index (κ1) is 9.92. The van der Waals surface area contributed by atoms with Crippen LogP contribution in [0, 0.1) is 5.82 Å². The highest BCUT2D eigenvalue weighted by Crippen LogP contribution is 2.14. The third kappa shape index (κ3) is 2.39. The molecule has 0 unspecified atom stereocenters. The number of nitrogens with two attached hydrogens (primary N) is 1. The van der Waals surface area contributed by atoms with Crippen molar-refractivity contribution in [1.82, 2.24) is 0 Å². The minimum Gasteiger partial charge on any atom is -0.376 e. The predicted molar refractivity (Wildman–Crippen MR) is 56.2 cm³/mol. The van der Waals surface area contributed by atoms with E-state index in [1.807, 2.05) is 6.92 Å². The Morgan fingerprint density at radius 3 is 2.77 bits per heavy atom. The van der Waals surface area contributed by atoms with Crippen molar-refractivity contribution in [2.45, 2.75) is 6.92 Å². The molecule has 1 aromatic carbocycles. The highest BCUT2D eigenvalue weighted by Gasteiger charge is 2.06. The van der Waals surface area contributed by atoms with Gasteiger partial charge in [-0.2, -0.15) is 0 Å². The van der Waals surface area contributed by atoms with Gasteiger partial charge >= 0.3 is 0 Å². The lowest BCUT2D eigenvalue weighted by Gasteiger charge is -2.20. The molecule has 70 valence electrons. The molecule has 0 amide bonds. The molecule has 2 N–H and O–H groups in total. The molecule has 1 aromatic rings. The van der Waals surface area contributed by atoms with Gasteiger partial charge in [0.15, 0.2) is 5.11 Å². The fraction of sp³-hybridized carbons (Fsp3) is 0.222. The monoisotopic (exact) mass is 198 g/mol. The smallest absolute Gasteiger partial charge is 0.170 e. The number of rotatable bonds is 2. The molecule has 4 heteroatoms. The number of benzene rings is 1. The average Bonchev–Trinajstić information content (AvgIpc) is 2.04. The first-order chi connectivity index (χ1) is 6.15.